The lowest BCUT2D eigenvalue weighted by Crippen LogP contribution is -2.19. The van der Waals surface area contributed by atoms with E-state index in [0.29, 0.717) is 6.54 Å². The lowest BCUT2D eigenvalue weighted by molar-refractivity contribution is 0.756. The predicted molar refractivity (Wildman–Crippen MR) is 77.6 cm³/mol. The molecule has 2 aromatic heterocycles. The maximum atomic E-state index is 11.8. The van der Waals surface area contributed by atoms with Crippen LogP contribution in [0.5, 0.6) is 0 Å². The Labute approximate surface area is 113 Å². The van der Waals surface area contributed by atoms with Crippen molar-refractivity contribution in [1.82, 2.24) is 9.55 Å². The summed E-state index contributed by atoms with van der Waals surface area (Å²) < 4.78 is 1.70. The molecule has 1 N–H and O–H groups in total. The SMILES string of the molecule is CCCNc1cc(Cn2ccc(C)cc2=O)ccn1. The summed E-state index contributed by atoms with van der Waals surface area (Å²) in [7, 11) is 0. The molecule has 0 saturated carbocycles. The molecule has 0 fully saturated rings. The van der Waals surface area contributed by atoms with Crippen LogP contribution in [0.2, 0.25) is 0 Å². The summed E-state index contributed by atoms with van der Waals surface area (Å²) in [6.07, 6.45) is 4.66. The lowest BCUT2D eigenvalue weighted by Gasteiger charge is -2.08. The average molecular weight is 257 g/mol. The minimum absolute atomic E-state index is 0.0277. The highest BCUT2D eigenvalue weighted by Gasteiger charge is 2.00. The van der Waals surface area contributed by atoms with Crippen LogP contribution in [0, 0.1) is 6.92 Å². The van der Waals surface area contributed by atoms with E-state index in [2.05, 4.69) is 17.2 Å². The summed E-state index contributed by atoms with van der Waals surface area (Å²) >= 11 is 0. The highest BCUT2D eigenvalue weighted by molar-refractivity contribution is 5.37. The van der Waals surface area contributed by atoms with E-state index in [-0.39, 0.29) is 5.56 Å². The van der Waals surface area contributed by atoms with Gasteiger partial charge in [0.2, 0.25) is 0 Å². The molecule has 0 aliphatic carbocycles. The zero-order valence-electron chi connectivity index (χ0n) is 11.4. The zero-order valence-corrected chi connectivity index (χ0v) is 11.4. The molecule has 0 amide bonds. The van der Waals surface area contributed by atoms with Crippen LogP contribution in [-0.4, -0.2) is 16.1 Å². The molecular weight excluding hydrogens is 238 g/mol. The molecule has 4 nitrogen and oxygen atoms in total. The van der Waals surface area contributed by atoms with Gasteiger partial charge in [-0.1, -0.05) is 6.92 Å². The number of nitrogens with zero attached hydrogens (tertiary/aromatic N) is 2. The molecule has 2 aromatic rings. The van der Waals surface area contributed by atoms with Gasteiger partial charge < -0.3 is 9.88 Å². The average Bonchev–Trinajstić information content (AvgIpc) is 2.40. The van der Waals surface area contributed by atoms with Crippen molar-refractivity contribution in [2.75, 3.05) is 11.9 Å². The van der Waals surface area contributed by atoms with Crippen molar-refractivity contribution in [2.24, 2.45) is 0 Å². The van der Waals surface area contributed by atoms with Gasteiger partial charge in [0.1, 0.15) is 5.82 Å². The summed E-state index contributed by atoms with van der Waals surface area (Å²) in [5, 5.41) is 3.25. The fraction of sp³-hybridized carbons (Fsp3) is 0.333. The van der Waals surface area contributed by atoms with Crippen molar-refractivity contribution < 1.29 is 0 Å². The molecule has 100 valence electrons. The number of rotatable bonds is 5. The molecule has 2 rings (SSSR count). The van der Waals surface area contributed by atoms with E-state index in [9.17, 15) is 4.79 Å². The Morgan fingerprint density at radius 1 is 1.32 bits per heavy atom. The monoisotopic (exact) mass is 257 g/mol. The topological polar surface area (TPSA) is 46.9 Å². The number of pyridine rings is 2. The van der Waals surface area contributed by atoms with Gasteiger partial charge in [-0.05, 0) is 42.7 Å². The highest BCUT2D eigenvalue weighted by Crippen LogP contribution is 2.08. The summed E-state index contributed by atoms with van der Waals surface area (Å²) in [6.45, 7) is 5.51. The van der Waals surface area contributed by atoms with Crippen LogP contribution < -0.4 is 10.9 Å². The van der Waals surface area contributed by atoms with Crippen molar-refractivity contribution in [2.45, 2.75) is 26.8 Å². The van der Waals surface area contributed by atoms with Crippen molar-refractivity contribution in [1.29, 1.82) is 0 Å². The first-order valence-corrected chi connectivity index (χ1v) is 6.55. The van der Waals surface area contributed by atoms with E-state index < -0.39 is 0 Å². The van der Waals surface area contributed by atoms with E-state index in [4.69, 9.17) is 0 Å². The number of anilines is 1. The Bertz CT molecular complexity index is 604. The molecule has 0 spiro atoms. The van der Waals surface area contributed by atoms with Crippen LogP contribution in [-0.2, 0) is 6.54 Å². The first-order valence-electron chi connectivity index (χ1n) is 6.55. The second kappa shape index (κ2) is 6.18. The molecule has 0 saturated heterocycles. The molecule has 4 heteroatoms. The molecule has 0 radical (unpaired) electrons. The normalized spacial score (nSPS) is 10.4. The van der Waals surface area contributed by atoms with Crippen LogP contribution in [0.3, 0.4) is 0 Å². The van der Waals surface area contributed by atoms with Crippen LogP contribution in [0.25, 0.3) is 0 Å². The van der Waals surface area contributed by atoms with Crippen LogP contribution in [0.1, 0.15) is 24.5 Å². The molecule has 0 unspecified atom stereocenters. The zero-order chi connectivity index (χ0) is 13.7. The van der Waals surface area contributed by atoms with Gasteiger partial charge in [0, 0.05) is 25.0 Å². The Hall–Kier alpha value is -2.10. The standard InChI is InChI=1S/C15H19N3O/c1-3-6-16-14-10-13(4-7-17-14)11-18-8-5-12(2)9-15(18)19/h4-5,7-10H,3,6,11H2,1-2H3,(H,16,17). The largest absolute Gasteiger partial charge is 0.370 e. The number of nitrogens with one attached hydrogen (secondary N) is 1. The molecular formula is C15H19N3O. The third-order valence-electron chi connectivity index (χ3n) is 2.88. The summed E-state index contributed by atoms with van der Waals surface area (Å²) in [6, 6.07) is 7.52. The minimum Gasteiger partial charge on any atom is -0.370 e. The summed E-state index contributed by atoms with van der Waals surface area (Å²) in [4.78, 5) is 16.1. The summed E-state index contributed by atoms with van der Waals surface area (Å²) in [5.74, 6) is 0.861. The van der Waals surface area contributed by atoms with E-state index in [1.807, 2.05) is 31.3 Å². The number of hydrogen-bond donors (Lipinski definition) is 1. The Morgan fingerprint density at radius 3 is 2.89 bits per heavy atom. The fourth-order valence-corrected chi connectivity index (χ4v) is 1.86. The minimum atomic E-state index is 0.0277. The smallest absolute Gasteiger partial charge is 0.251 e. The first-order chi connectivity index (χ1) is 9.19. The second-order valence-electron chi connectivity index (χ2n) is 4.65. The van der Waals surface area contributed by atoms with E-state index in [1.54, 1.807) is 16.8 Å². The molecule has 0 aromatic carbocycles. The molecule has 0 aliphatic rings. The van der Waals surface area contributed by atoms with Gasteiger partial charge in [0.25, 0.3) is 5.56 Å². The fourth-order valence-electron chi connectivity index (χ4n) is 1.86. The molecule has 19 heavy (non-hydrogen) atoms. The molecule has 0 aliphatic heterocycles. The van der Waals surface area contributed by atoms with Crippen molar-refractivity contribution in [3.8, 4) is 0 Å². The molecule has 0 bridgehead atoms. The van der Waals surface area contributed by atoms with Crippen LogP contribution in [0.15, 0.2) is 41.5 Å². The van der Waals surface area contributed by atoms with E-state index >= 15 is 0 Å². The van der Waals surface area contributed by atoms with E-state index in [0.717, 1.165) is 29.9 Å². The number of hydrogen-bond acceptors (Lipinski definition) is 3. The highest BCUT2D eigenvalue weighted by atomic mass is 16.1. The number of aromatic nitrogens is 2. The van der Waals surface area contributed by atoms with Gasteiger partial charge in [-0.15, -0.1) is 0 Å². The quantitative estimate of drug-likeness (QED) is 0.894. The van der Waals surface area contributed by atoms with Gasteiger partial charge in [0.05, 0.1) is 6.54 Å². The van der Waals surface area contributed by atoms with Gasteiger partial charge in [-0.3, -0.25) is 4.79 Å². The first kappa shape index (κ1) is 13.3. The second-order valence-corrected chi connectivity index (χ2v) is 4.65. The van der Waals surface area contributed by atoms with Crippen LogP contribution in [0.4, 0.5) is 5.82 Å². The van der Waals surface area contributed by atoms with Gasteiger partial charge in [-0.25, -0.2) is 4.98 Å². The van der Waals surface area contributed by atoms with Gasteiger partial charge >= 0.3 is 0 Å². The summed E-state index contributed by atoms with van der Waals surface area (Å²) in [5.41, 5.74) is 2.08. The third kappa shape index (κ3) is 3.68. The van der Waals surface area contributed by atoms with Crippen molar-refractivity contribution in [3.63, 3.8) is 0 Å². The third-order valence-corrected chi connectivity index (χ3v) is 2.88. The maximum Gasteiger partial charge on any atom is 0.251 e. The van der Waals surface area contributed by atoms with Crippen molar-refractivity contribution >= 4 is 5.82 Å². The Morgan fingerprint density at radius 2 is 2.16 bits per heavy atom. The van der Waals surface area contributed by atoms with Gasteiger partial charge in [-0.2, -0.15) is 0 Å². The number of aryl methyl sites for hydroxylation is 1. The van der Waals surface area contributed by atoms with Crippen LogP contribution >= 0.6 is 0 Å². The molecule has 0 atom stereocenters. The lowest BCUT2D eigenvalue weighted by atomic mass is 10.2. The van der Waals surface area contributed by atoms with Crippen molar-refractivity contribution in [3.05, 3.63) is 58.1 Å². The Kier molecular flexibility index (Phi) is 4.34. The van der Waals surface area contributed by atoms with E-state index in [1.165, 1.54) is 0 Å². The Balaban J connectivity index is 2.16. The van der Waals surface area contributed by atoms with Gasteiger partial charge in [0.15, 0.2) is 0 Å². The predicted octanol–water partition coefficient (Wildman–Crippen LogP) is 2.42. The molecule has 2 heterocycles. The maximum absolute atomic E-state index is 11.8.